The maximum atomic E-state index is 10.6. The van der Waals surface area contributed by atoms with Gasteiger partial charge >= 0.3 is 5.97 Å². The van der Waals surface area contributed by atoms with Crippen molar-refractivity contribution in [2.75, 3.05) is 6.61 Å². The van der Waals surface area contributed by atoms with Crippen LogP contribution in [0, 0.1) is 11.8 Å². The summed E-state index contributed by atoms with van der Waals surface area (Å²) in [5.41, 5.74) is 0. The van der Waals surface area contributed by atoms with Crippen molar-refractivity contribution in [1.82, 2.24) is 0 Å². The molecule has 0 saturated carbocycles. The van der Waals surface area contributed by atoms with Gasteiger partial charge in [-0.1, -0.05) is 19.9 Å². The number of aliphatic hydroxyl groups excluding tert-OH is 1. The summed E-state index contributed by atoms with van der Waals surface area (Å²) in [5.74, 6) is 0.471. The summed E-state index contributed by atoms with van der Waals surface area (Å²) in [6, 6.07) is 0. The predicted molar refractivity (Wildman–Crippen MR) is 69.6 cm³/mol. The van der Waals surface area contributed by atoms with Gasteiger partial charge in [0.05, 0.1) is 12.7 Å². The summed E-state index contributed by atoms with van der Waals surface area (Å²) in [7, 11) is 0. The lowest BCUT2D eigenvalue weighted by Crippen LogP contribution is -2.19. The van der Waals surface area contributed by atoms with Gasteiger partial charge in [-0.2, -0.15) is 0 Å². The molecule has 0 saturated heterocycles. The third-order valence-electron chi connectivity index (χ3n) is 3.09. The van der Waals surface area contributed by atoms with Crippen LogP contribution in [0.15, 0.2) is 12.7 Å². The Labute approximate surface area is 105 Å². The van der Waals surface area contributed by atoms with Crippen molar-refractivity contribution >= 4 is 5.97 Å². The summed E-state index contributed by atoms with van der Waals surface area (Å²) in [5, 5.41) is 9.93. The van der Waals surface area contributed by atoms with E-state index in [9.17, 15) is 9.90 Å². The van der Waals surface area contributed by atoms with Crippen LogP contribution in [0.25, 0.3) is 0 Å². The smallest absolute Gasteiger partial charge is 0.302 e. The average Bonchev–Trinajstić information content (AvgIpc) is 2.30. The fourth-order valence-electron chi connectivity index (χ4n) is 1.65. The Morgan fingerprint density at radius 2 is 2.00 bits per heavy atom. The summed E-state index contributed by atoms with van der Waals surface area (Å²) in [6.45, 7) is 9.74. The number of rotatable bonds is 9. The normalized spacial score (nSPS) is 16.0. The highest BCUT2D eigenvalue weighted by molar-refractivity contribution is 5.65. The van der Waals surface area contributed by atoms with Crippen LogP contribution in [0.2, 0.25) is 0 Å². The fourth-order valence-corrected chi connectivity index (χ4v) is 1.65. The van der Waals surface area contributed by atoms with E-state index in [1.165, 1.54) is 6.92 Å². The van der Waals surface area contributed by atoms with Gasteiger partial charge in [0.15, 0.2) is 0 Å². The van der Waals surface area contributed by atoms with E-state index in [0.29, 0.717) is 12.5 Å². The molecule has 0 aliphatic carbocycles. The van der Waals surface area contributed by atoms with Crippen LogP contribution < -0.4 is 0 Å². The van der Waals surface area contributed by atoms with Crippen molar-refractivity contribution in [2.45, 2.75) is 52.6 Å². The summed E-state index contributed by atoms with van der Waals surface area (Å²) in [4.78, 5) is 10.6. The van der Waals surface area contributed by atoms with Crippen molar-refractivity contribution in [3.63, 3.8) is 0 Å². The van der Waals surface area contributed by atoms with Crippen LogP contribution in [0.1, 0.15) is 46.5 Å². The molecular weight excluding hydrogens is 216 g/mol. The van der Waals surface area contributed by atoms with Gasteiger partial charge in [0.1, 0.15) is 0 Å². The summed E-state index contributed by atoms with van der Waals surface area (Å²) in [6.07, 6.45) is 5.12. The van der Waals surface area contributed by atoms with Gasteiger partial charge in [-0.05, 0) is 37.5 Å². The Kier molecular flexibility index (Phi) is 8.78. The predicted octanol–water partition coefficient (Wildman–Crippen LogP) is 2.93. The van der Waals surface area contributed by atoms with Crippen LogP contribution in [0.5, 0.6) is 0 Å². The molecular formula is C14H26O3. The van der Waals surface area contributed by atoms with Gasteiger partial charge in [0.2, 0.25) is 0 Å². The molecule has 0 heterocycles. The first-order valence-electron chi connectivity index (χ1n) is 6.41. The molecule has 100 valence electrons. The van der Waals surface area contributed by atoms with Crippen molar-refractivity contribution in [3.8, 4) is 0 Å². The molecule has 0 amide bonds. The second kappa shape index (κ2) is 9.23. The Hall–Kier alpha value is -0.830. The zero-order chi connectivity index (χ0) is 13.3. The van der Waals surface area contributed by atoms with E-state index >= 15 is 0 Å². The number of hydrogen-bond acceptors (Lipinski definition) is 3. The second-order valence-corrected chi connectivity index (χ2v) is 4.82. The topological polar surface area (TPSA) is 46.5 Å². The van der Waals surface area contributed by atoms with Crippen LogP contribution in [-0.2, 0) is 9.53 Å². The number of ether oxygens (including phenoxy) is 1. The first-order valence-corrected chi connectivity index (χ1v) is 6.41. The third-order valence-corrected chi connectivity index (χ3v) is 3.09. The molecule has 0 aromatic rings. The minimum Gasteiger partial charge on any atom is -0.466 e. The van der Waals surface area contributed by atoms with Crippen LogP contribution in [0.3, 0.4) is 0 Å². The average molecular weight is 242 g/mol. The molecule has 3 heteroatoms. The van der Waals surface area contributed by atoms with E-state index in [0.717, 1.165) is 25.7 Å². The minimum atomic E-state index is -0.269. The van der Waals surface area contributed by atoms with Crippen molar-refractivity contribution in [1.29, 1.82) is 0 Å². The number of esters is 1. The molecule has 3 nitrogen and oxygen atoms in total. The molecule has 0 aromatic carbocycles. The van der Waals surface area contributed by atoms with Gasteiger partial charge in [-0.3, -0.25) is 4.79 Å². The van der Waals surface area contributed by atoms with Gasteiger partial charge in [-0.15, -0.1) is 6.58 Å². The highest BCUT2D eigenvalue weighted by atomic mass is 16.5. The lowest BCUT2D eigenvalue weighted by Gasteiger charge is -2.19. The molecule has 0 bridgehead atoms. The van der Waals surface area contributed by atoms with Crippen molar-refractivity contribution in [2.24, 2.45) is 11.8 Å². The number of aliphatic hydroxyl groups is 1. The number of allylic oxidation sites excluding steroid dienone is 1. The number of hydrogen-bond donors (Lipinski definition) is 1. The Morgan fingerprint density at radius 1 is 1.35 bits per heavy atom. The Bertz CT molecular complexity index is 226. The monoisotopic (exact) mass is 242 g/mol. The highest BCUT2D eigenvalue weighted by Crippen LogP contribution is 2.18. The second-order valence-electron chi connectivity index (χ2n) is 4.82. The van der Waals surface area contributed by atoms with Gasteiger partial charge < -0.3 is 9.84 Å². The molecule has 0 aromatic heterocycles. The lowest BCUT2D eigenvalue weighted by molar-refractivity contribution is -0.141. The molecule has 0 unspecified atom stereocenters. The van der Waals surface area contributed by atoms with Crippen molar-refractivity contribution in [3.05, 3.63) is 12.7 Å². The quantitative estimate of drug-likeness (QED) is 0.384. The van der Waals surface area contributed by atoms with E-state index in [4.69, 9.17) is 4.74 Å². The fraction of sp³-hybridized carbons (Fsp3) is 0.786. The number of carbonyl (C=O) groups is 1. The largest absolute Gasteiger partial charge is 0.466 e. The molecule has 0 aliphatic rings. The molecule has 0 aliphatic heterocycles. The summed E-state index contributed by atoms with van der Waals surface area (Å²) >= 11 is 0. The molecule has 1 N–H and O–H groups in total. The first kappa shape index (κ1) is 16.2. The maximum absolute atomic E-state index is 10.6. The van der Waals surface area contributed by atoms with E-state index in [1.54, 1.807) is 0 Å². The molecule has 17 heavy (non-hydrogen) atoms. The minimum absolute atomic E-state index is 0.238. The van der Waals surface area contributed by atoms with Gasteiger partial charge in [-0.25, -0.2) is 0 Å². The van der Waals surface area contributed by atoms with E-state index in [2.05, 4.69) is 13.5 Å². The standard InChI is InChI=1S/C14H26O3/c1-5-11(2)8-9-14(16)12(3)7-6-10-17-13(4)15/h5,11-12,14,16H,1,6-10H2,2-4H3/t11-,12-,14-/m1/s1. The van der Waals surface area contributed by atoms with E-state index < -0.39 is 0 Å². The van der Waals surface area contributed by atoms with Crippen molar-refractivity contribution < 1.29 is 14.6 Å². The van der Waals surface area contributed by atoms with Gasteiger partial charge in [0, 0.05) is 6.92 Å². The molecule has 0 spiro atoms. The SMILES string of the molecule is C=C[C@@H](C)CC[C@@H](O)[C@H](C)CCCOC(C)=O. The summed E-state index contributed by atoms with van der Waals surface area (Å²) < 4.78 is 4.85. The Balaban J connectivity index is 3.63. The Morgan fingerprint density at radius 3 is 2.53 bits per heavy atom. The molecule has 0 rings (SSSR count). The maximum Gasteiger partial charge on any atom is 0.302 e. The van der Waals surface area contributed by atoms with Gasteiger partial charge in [0.25, 0.3) is 0 Å². The zero-order valence-corrected chi connectivity index (χ0v) is 11.3. The first-order chi connectivity index (χ1) is 7.97. The zero-order valence-electron chi connectivity index (χ0n) is 11.3. The lowest BCUT2D eigenvalue weighted by atomic mass is 9.93. The van der Waals surface area contributed by atoms with E-state index in [-0.39, 0.29) is 18.0 Å². The number of carbonyl (C=O) groups excluding carboxylic acids is 1. The third kappa shape index (κ3) is 8.93. The van der Waals surface area contributed by atoms with Crippen LogP contribution in [-0.4, -0.2) is 23.8 Å². The van der Waals surface area contributed by atoms with E-state index in [1.807, 2.05) is 13.0 Å². The molecule has 0 radical (unpaired) electrons. The molecule has 0 fully saturated rings. The van der Waals surface area contributed by atoms with Crippen LogP contribution in [0.4, 0.5) is 0 Å². The highest BCUT2D eigenvalue weighted by Gasteiger charge is 2.14. The van der Waals surface area contributed by atoms with Crippen LogP contribution >= 0.6 is 0 Å². The molecule has 3 atom stereocenters.